The average molecular weight is 504 g/mol. The zero-order chi connectivity index (χ0) is 23.7. The Labute approximate surface area is 206 Å². The van der Waals surface area contributed by atoms with Gasteiger partial charge in [-0.1, -0.05) is 54.7 Å². The van der Waals surface area contributed by atoms with Crippen LogP contribution in [0.2, 0.25) is 15.1 Å². The van der Waals surface area contributed by atoms with E-state index in [9.17, 15) is 4.79 Å². The first-order valence-corrected chi connectivity index (χ1v) is 11.5. The minimum atomic E-state index is -0.804. The van der Waals surface area contributed by atoms with Crippen molar-refractivity contribution in [2.75, 3.05) is 5.32 Å². The van der Waals surface area contributed by atoms with Gasteiger partial charge in [0.1, 0.15) is 11.3 Å². The minimum absolute atomic E-state index is 0.326. The molecule has 0 fully saturated rings. The van der Waals surface area contributed by atoms with Gasteiger partial charge in [0.25, 0.3) is 5.91 Å². The Hall–Kier alpha value is -2.73. The predicted octanol–water partition coefficient (Wildman–Crippen LogP) is 7.98. The number of benzene rings is 3. The highest BCUT2D eigenvalue weighted by atomic mass is 35.5. The quantitative estimate of drug-likeness (QED) is 0.290. The molecule has 0 aliphatic rings. The zero-order valence-electron chi connectivity index (χ0n) is 18.2. The molecule has 0 radical (unpaired) electrons. The smallest absolute Gasteiger partial charge is 0.265 e. The van der Waals surface area contributed by atoms with E-state index >= 15 is 0 Å². The van der Waals surface area contributed by atoms with Gasteiger partial charge in [-0.2, -0.15) is 0 Å². The molecule has 1 amide bonds. The van der Waals surface area contributed by atoms with Crippen LogP contribution in [-0.2, 0) is 4.79 Å². The van der Waals surface area contributed by atoms with Gasteiger partial charge in [0.15, 0.2) is 11.7 Å². The Morgan fingerprint density at radius 3 is 2.48 bits per heavy atom. The van der Waals surface area contributed by atoms with Crippen molar-refractivity contribution in [3.63, 3.8) is 0 Å². The number of rotatable bonds is 6. The molecule has 1 atom stereocenters. The monoisotopic (exact) mass is 502 g/mol. The summed E-state index contributed by atoms with van der Waals surface area (Å²) in [4.78, 5) is 17.3. The Bertz CT molecular complexity index is 1330. The number of nitrogens with one attached hydrogen (secondary N) is 1. The fourth-order valence-corrected chi connectivity index (χ4v) is 3.90. The highest BCUT2D eigenvalue weighted by Gasteiger charge is 2.19. The van der Waals surface area contributed by atoms with E-state index in [1.165, 1.54) is 5.56 Å². The Balaban J connectivity index is 1.54. The number of carbonyl (C=O) groups is 1. The standard InChI is InChI=1S/C25H21Cl3N2O3/c1-13(2)15-4-8-23-21(10-15)30-25(33-23)18-12-17(6-7-19(18)27)29-24(31)14(3)32-22-9-5-16(26)11-20(22)28/h4-14H,1-3H3,(H,29,31). The first kappa shape index (κ1) is 23.4. The van der Waals surface area contributed by atoms with Crippen molar-refractivity contribution in [3.05, 3.63) is 75.2 Å². The molecule has 0 saturated heterocycles. The molecular formula is C25H21Cl3N2O3. The van der Waals surface area contributed by atoms with Crippen LogP contribution in [0.15, 0.2) is 59.0 Å². The van der Waals surface area contributed by atoms with Crippen molar-refractivity contribution in [2.45, 2.75) is 32.8 Å². The molecule has 8 heteroatoms. The third-order valence-corrected chi connectivity index (χ3v) is 5.97. The van der Waals surface area contributed by atoms with Crippen molar-refractivity contribution >= 4 is 57.5 Å². The third-order valence-electron chi connectivity index (χ3n) is 5.11. The number of amides is 1. The summed E-state index contributed by atoms with van der Waals surface area (Å²) in [5.74, 6) is 0.772. The van der Waals surface area contributed by atoms with Crippen molar-refractivity contribution in [2.24, 2.45) is 0 Å². The topological polar surface area (TPSA) is 64.4 Å². The van der Waals surface area contributed by atoms with Crippen LogP contribution in [-0.4, -0.2) is 17.0 Å². The molecule has 0 aliphatic carbocycles. The first-order valence-electron chi connectivity index (χ1n) is 10.3. The summed E-state index contributed by atoms with van der Waals surface area (Å²) in [6.45, 7) is 5.87. The molecule has 0 saturated carbocycles. The van der Waals surface area contributed by atoms with E-state index in [0.29, 0.717) is 49.5 Å². The largest absolute Gasteiger partial charge is 0.479 e. The molecule has 4 aromatic rings. The van der Waals surface area contributed by atoms with E-state index in [2.05, 4.69) is 24.1 Å². The lowest BCUT2D eigenvalue weighted by molar-refractivity contribution is -0.122. The number of hydrogen-bond acceptors (Lipinski definition) is 4. The second kappa shape index (κ2) is 9.64. The van der Waals surface area contributed by atoms with Crippen molar-refractivity contribution in [3.8, 4) is 17.2 Å². The fraction of sp³-hybridized carbons (Fsp3) is 0.200. The van der Waals surface area contributed by atoms with Crippen molar-refractivity contribution < 1.29 is 13.9 Å². The zero-order valence-corrected chi connectivity index (χ0v) is 20.4. The van der Waals surface area contributed by atoms with Gasteiger partial charge in [-0.05, 0) is 66.9 Å². The Morgan fingerprint density at radius 1 is 0.970 bits per heavy atom. The van der Waals surface area contributed by atoms with Gasteiger partial charge in [0, 0.05) is 10.7 Å². The van der Waals surface area contributed by atoms with Crippen LogP contribution in [0.3, 0.4) is 0 Å². The molecule has 1 N–H and O–H groups in total. The van der Waals surface area contributed by atoms with Crippen LogP contribution in [0.1, 0.15) is 32.3 Å². The number of halogens is 3. The molecule has 170 valence electrons. The number of oxazole rings is 1. The van der Waals surface area contributed by atoms with Crippen LogP contribution < -0.4 is 10.1 Å². The third kappa shape index (κ3) is 5.27. The van der Waals surface area contributed by atoms with Crippen LogP contribution in [0.25, 0.3) is 22.6 Å². The minimum Gasteiger partial charge on any atom is -0.479 e. The molecule has 1 unspecified atom stereocenters. The average Bonchev–Trinajstić information content (AvgIpc) is 3.20. The van der Waals surface area contributed by atoms with E-state index in [0.717, 1.165) is 5.52 Å². The maximum atomic E-state index is 12.7. The lowest BCUT2D eigenvalue weighted by Gasteiger charge is -2.16. The summed E-state index contributed by atoms with van der Waals surface area (Å²) < 4.78 is 11.6. The number of aromatic nitrogens is 1. The van der Waals surface area contributed by atoms with Gasteiger partial charge in [-0.25, -0.2) is 4.98 Å². The van der Waals surface area contributed by atoms with Crippen LogP contribution in [0.5, 0.6) is 5.75 Å². The van der Waals surface area contributed by atoms with Crippen LogP contribution in [0, 0.1) is 0 Å². The lowest BCUT2D eigenvalue weighted by atomic mass is 10.0. The second-order valence-corrected chi connectivity index (χ2v) is 9.17. The number of nitrogens with zero attached hydrogens (tertiary/aromatic N) is 1. The molecule has 4 rings (SSSR count). The second-order valence-electron chi connectivity index (χ2n) is 7.92. The number of ether oxygens (including phenoxy) is 1. The molecule has 0 aliphatic heterocycles. The summed E-state index contributed by atoms with van der Waals surface area (Å²) >= 11 is 18.5. The summed E-state index contributed by atoms with van der Waals surface area (Å²) in [5, 5.41) is 4.10. The fourth-order valence-electron chi connectivity index (χ4n) is 3.24. The number of fused-ring (bicyclic) bond motifs is 1. The van der Waals surface area contributed by atoms with E-state index in [-0.39, 0.29) is 5.91 Å². The SMILES string of the molecule is CC(Oc1ccc(Cl)cc1Cl)C(=O)Nc1ccc(Cl)c(-c2nc3cc(C(C)C)ccc3o2)c1. The molecule has 1 aromatic heterocycles. The predicted molar refractivity (Wildman–Crippen MR) is 134 cm³/mol. The van der Waals surface area contributed by atoms with Gasteiger partial charge in [0.2, 0.25) is 5.89 Å². The number of anilines is 1. The van der Waals surface area contributed by atoms with E-state index in [1.807, 2.05) is 18.2 Å². The summed E-state index contributed by atoms with van der Waals surface area (Å²) in [7, 11) is 0. The van der Waals surface area contributed by atoms with Crippen molar-refractivity contribution in [1.82, 2.24) is 4.98 Å². The molecule has 33 heavy (non-hydrogen) atoms. The van der Waals surface area contributed by atoms with E-state index in [4.69, 9.17) is 44.0 Å². The molecule has 5 nitrogen and oxygen atoms in total. The normalized spacial score (nSPS) is 12.2. The highest BCUT2D eigenvalue weighted by molar-refractivity contribution is 6.35. The van der Waals surface area contributed by atoms with E-state index in [1.54, 1.807) is 43.3 Å². The maximum absolute atomic E-state index is 12.7. The summed E-state index contributed by atoms with van der Waals surface area (Å²) in [6, 6.07) is 15.8. The lowest BCUT2D eigenvalue weighted by Crippen LogP contribution is -2.30. The van der Waals surface area contributed by atoms with Gasteiger partial charge >= 0.3 is 0 Å². The van der Waals surface area contributed by atoms with Gasteiger partial charge in [-0.3, -0.25) is 4.79 Å². The summed E-state index contributed by atoms with van der Waals surface area (Å²) in [6.07, 6.45) is -0.804. The van der Waals surface area contributed by atoms with Crippen LogP contribution in [0.4, 0.5) is 5.69 Å². The number of carbonyl (C=O) groups excluding carboxylic acids is 1. The van der Waals surface area contributed by atoms with Crippen LogP contribution >= 0.6 is 34.8 Å². The molecular weight excluding hydrogens is 483 g/mol. The molecule has 0 spiro atoms. The van der Waals surface area contributed by atoms with Gasteiger partial charge in [0.05, 0.1) is 15.6 Å². The molecule has 0 bridgehead atoms. The van der Waals surface area contributed by atoms with Gasteiger partial charge in [-0.15, -0.1) is 0 Å². The highest BCUT2D eigenvalue weighted by Crippen LogP contribution is 2.33. The van der Waals surface area contributed by atoms with Gasteiger partial charge < -0.3 is 14.5 Å². The number of hydrogen-bond donors (Lipinski definition) is 1. The molecule has 3 aromatic carbocycles. The van der Waals surface area contributed by atoms with E-state index < -0.39 is 6.10 Å². The molecule has 1 heterocycles. The Morgan fingerprint density at radius 2 is 1.76 bits per heavy atom. The maximum Gasteiger partial charge on any atom is 0.265 e. The summed E-state index contributed by atoms with van der Waals surface area (Å²) in [5.41, 5.74) is 3.70. The first-order chi connectivity index (χ1) is 15.7. The Kier molecular flexibility index (Phi) is 6.84. The van der Waals surface area contributed by atoms with Crippen molar-refractivity contribution in [1.29, 1.82) is 0 Å².